The quantitative estimate of drug-likeness (QED) is 0.940. The Balaban J connectivity index is 2.42. The highest BCUT2D eigenvalue weighted by Crippen LogP contribution is 2.30. The summed E-state index contributed by atoms with van der Waals surface area (Å²) >= 11 is 5.99. The van der Waals surface area contributed by atoms with Gasteiger partial charge in [-0.25, -0.2) is 8.42 Å². The van der Waals surface area contributed by atoms with E-state index in [4.69, 9.17) is 16.3 Å². The van der Waals surface area contributed by atoms with Gasteiger partial charge in [-0.1, -0.05) is 29.8 Å². The number of halogens is 1. The largest absolute Gasteiger partial charge is 0.495 e. The summed E-state index contributed by atoms with van der Waals surface area (Å²) < 4.78 is 32.3. The summed E-state index contributed by atoms with van der Waals surface area (Å²) in [5.41, 5.74) is 1.06. The van der Waals surface area contributed by atoms with Crippen molar-refractivity contribution in [1.82, 2.24) is 0 Å². The Bertz CT molecular complexity index is 715. The van der Waals surface area contributed by atoms with E-state index in [9.17, 15) is 8.42 Å². The minimum absolute atomic E-state index is 0.132. The summed E-state index contributed by atoms with van der Waals surface area (Å²) in [4.78, 5) is 0.132. The Morgan fingerprint density at radius 3 is 2.40 bits per heavy atom. The second kappa shape index (κ2) is 5.73. The third-order valence-corrected chi connectivity index (χ3v) is 4.58. The number of benzene rings is 2. The molecule has 4 nitrogen and oxygen atoms in total. The maximum Gasteiger partial charge on any atom is 0.262 e. The van der Waals surface area contributed by atoms with Crippen LogP contribution in [-0.2, 0) is 10.0 Å². The van der Waals surface area contributed by atoms with Crippen LogP contribution >= 0.6 is 11.6 Å². The number of sulfonamides is 1. The number of methoxy groups -OCH3 is 1. The van der Waals surface area contributed by atoms with Crippen LogP contribution in [0.5, 0.6) is 5.75 Å². The van der Waals surface area contributed by atoms with Crippen LogP contribution < -0.4 is 9.46 Å². The Morgan fingerprint density at radius 1 is 1.15 bits per heavy atom. The lowest BCUT2D eigenvalue weighted by Gasteiger charge is -2.12. The fourth-order valence-corrected chi connectivity index (χ4v) is 3.42. The maximum absolute atomic E-state index is 12.4. The van der Waals surface area contributed by atoms with Gasteiger partial charge in [0.25, 0.3) is 10.0 Å². The molecule has 20 heavy (non-hydrogen) atoms. The third kappa shape index (κ3) is 3.05. The molecule has 0 spiro atoms. The van der Waals surface area contributed by atoms with Gasteiger partial charge in [0.05, 0.1) is 17.0 Å². The minimum atomic E-state index is -3.68. The first-order valence-corrected chi connectivity index (χ1v) is 7.72. The van der Waals surface area contributed by atoms with E-state index < -0.39 is 10.0 Å². The van der Waals surface area contributed by atoms with Gasteiger partial charge in [-0.2, -0.15) is 0 Å². The van der Waals surface area contributed by atoms with Gasteiger partial charge in [0.1, 0.15) is 5.75 Å². The van der Waals surface area contributed by atoms with Crippen molar-refractivity contribution in [1.29, 1.82) is 0 Å². The molecule has 0 fully saturated rings. The first kappa shape index (κ1) is 14.7. The molecular formula is C14H14ClNO3S. The average Bonchev–Trinajstić information content (AvgIpc) is 2.41. The van der Waals surface area contributed by atoms with Crippen LogP contribution in [0.15, 0.2) is 47.4 Å². The molecule has 0 unspecified atom stereocenters. The van der Waals surface area contributed by atoms with Gasteiger partial charge in [0.15, 0.2) is 0 Å². The minimum Gasteiger partial charge on any atom is -0.495 e. The van der Waals surface area contributed by atoms with E-state index in [0.717, 1.165) is 0 Å². The summed E-state index contributed by atoms with van der Waals surface area (Å²) in [6.07, 6.45) is 0. The van der Waals surface area contributed by atoms with Crippen LogP contribution in [0.3, 0.4) is 0 Å². The molecule has 106 valence electrons. The molecule has 0 bridgehead atoms. The lowest BCUT2D eigenvalue weighted by Crippen LogP contribution is -2.14. The van der Waals surface area contributed by atoms with Crippen molar-refractivity contribution in [3.63, 3.8) is 0 Å². The highest BCUT2D eigenvalue weighted by molar-refractivity contribution is 7.92. The summed E-state index contributed by atoms with van der Waals surface area (Å²) in [6, 6.07) is 11.7. The van der Waals surface area contributed by atoms with E-state index in [1.54, 1.807) is 37.3 Å². The standard InChI is InChI=1S/C14H14ClNO3S/c1-10-8-13(19-2)12(15)9-14(10)20(17,18)16-11-6-4-3-5-7-11/h3-9,16H,1-2H3. The van der Waals surface area contributed by atoms with Gasteiger partial charge in [-0.05, 0) is 36.8 Å². The molecule has 2 aromatic carbocycles. The van der Waals surface area contributed by atoms with Crippen LogP contribution in [0, 0.1) is 6.92 Å². The maximum atomic E-state index is 12.4. The molecule has 0 aromatic heterocycles. The number of rotatable bonds is 4. The highest BCUT2D eigenvalue weighted by atomic mass is 35.5. The van der Waals surface area contributed by atoms with Crippen LogP contribution in [0.25, 0.3) is 0 Å². The van der Waals surface area contributed by atoms with E-state index in [-0.39, 0.29) is 9.92 Å². The molecule has 0 atom stereocenters. The summed E-state index contributed by atoms with van der Waals surface area (Å²) in [5, 5.41) is 0.256. The molecule has 0 aliphatic rings. The van der Waals surface area contributed by atoms with Crippen molar-refractivity contribution in [3.8, 4) is 5.75 Å². The average molecular weight is 312 g/mol. The highest BCUT2D eigenvalue weighted by Gasteiger charge is 2.19. The predicted octanol–water partition coefficient (Wildman–Crippen LogP) is 3.46. The fraction of sp³-hybridized carbons (Fsp3) is 0.143. The van der Waals surface area contributed by atoms with Crippen molar-refractivity contribution >= 4 is 27.3 Å². The Kier molecular flexibility index (Phi) is 4.20. The van der Waals surface area contributed by atoms with Gasteiger partial charge >= 0.3 is 0 Å². The van der Waals surface area contributed by atoms with E-state index in [1.807, 2.05) is 6.07 Å². The van der Waals surface area contributed by atoms with E-state index >= 15 is 0 Å². The predicted molar refractivity (Wildman–Crippen MR) is 80.0 cm³/mol. The Morgan fingerprint density at radius 2 is 1.80 bits per heavy atom. The molecule has 6 heteroatoms. The zero-order valence-corrected chi connectivity index (χ0v) is 12.6. The number of anilines is 1. The molecule has 0 saturated carbocycles. The summed E-state index contributed by atoms with van der Waals surface area (Å²) in [6.45, 7) is 1.69. The zero-order chi connectivity index (χ0) is 14.8. The first-order valence-electron chi connectivity index (χ1n) is 5.86. The van der Waals surface area contributed by atoms with Crippen molar-refractivity contribution in [3.05, 3.63) is 53.1 Å². The number of nitrogens with one attached hydrogen (secondary N) is 1. The van der Waals surface area contributed by atoms with E-state index in [1.165, 1.54) is 13.2 Å². The topological polar surface area (TPSA) is 55.4 Å². The van der Waals surface area contributed by atoms with E-state index in [2.05, 4.69) is 4.72 Å². The molecule has 2 rings (SSSR count). The van der Waals surface area contributed by atoms with Crippen LogP contribution in [0.4, 0.5) is 5.69 Å². The Hall–Kier alpha value is -1.72. The van der Waals surface area contributed by atoms with Gasteiger partial charge in [0, 0.05) is 5.69 Å². The normalized spacial score (nSPS) is 11.2. The molecule has 0 heterocycles. The second-order valence-corrected chi connectivity index (χ2v) is 6.28. The molecule has 0 saturated heterocycles. The van der Waals surface area contributed by atoms with Crippen LogP contribution in [0.1, 0.15) is 5.56 Å². The first-order chi connectivity index (χ1) is 9.44. The smallest absolute Gasteiger partial charge is 0.262 e. The second-order valence-electron chi connectivity index (χ2n) is 4.22. The lowest BCUT2D eigenvalue weighted by atomic mass is 10.2. The van der Waals surface area contributed by atoms with Crippen molar-refractivity contribution in [2.24, 2.45) is 0 Å². The fourth-order valence-electron chi connectivity index (χ4n) is 1.80. The van der Waals surface area contributed by atoms with Gasteiger partial charge in [-0.3, -0.25) is 4.72 Å². The third-order valence-electron chi connectivity index (χ3n) is 2.76. The Labute approximate surface area is 123 Å². The summed E-state index contributed by atoms with van der Waals surface area (Å²) in [7, 11) is -2.20. The van der Waals surface area contributed by atoms with Crippen LogP contribution in [-0.4, -0.2) is 15.5 Å². The van der Waals surface area contributed by atoms with Gasteiger partial charge in [-0.15, -0.1) is 0 Å². The molecule has 0 amide bonds. The van der Waals surface area contributed by atoms with E-state index in [0.29, 0.717) is 17.0 Å². The van der Waals surface area contributed by atoms with Crippen LogP contribution in [0.2, 0.25) is 5.02 Å². The molecule has 0 radical (unpaired) electrons. The SMILES string of the molecule is COc1cc(C)c(S(=O)(=O)Nc2ccccc2)cc1Cl. The van der Waals surface area contributed by atoms with Crippen molar-refractivity contribution in [2.45, 2.75) is 11.8 Å². The summed E-state index contributed by atoms with van der Waals surface area (Å²) in [5.74, 6) is 0.447. The molecule has 2 aromatic rings. The molecule has 0 aliphatic carbocycles. The number of aryl methyl sites for hydroxylation is 1. The van der Waals surface area contributed by atoms with Crippen molar-refractivity contribution < 1.29 is 13.2 Å². The molecule has 0 aliphatic heterocycles. The lowest BCUT2D eigenvalue weighted by molar-refractivity contribution is 0.414. The van der Waals surface area contributed by atoms with Gasteiger partial charge in [0.2, 0.25) is 0 Å². The molecule has 1 N–H and O–H groups in total. The number of hydrogen-bond donors (Lipinski definition) is 1. The van der Waals surface area contributed by atoms with Crippen molar-refractivity contribution in [2.75, 3.05) is 11.8 Å². The van der Waals surface area contributed by atoms with Gasteiger partial charge < -0.3 is 4.74 Å². The number of hydrogen-bond acceptors (Lipinski definition) is 3. The monoisotopic (exact) mass is 311 g/mol. The number of para-hydroxylation sites is 1. The molecular weight excluding hydrogens is 298 g/mol. The zero-order valence-electron chi connectivity index (χ0n) is 11.1. The number of ether oxygens (including phenoxy) is 1.